The Morgan fingerprint density at radius 1 is 1.26 bits per heavy atom. The highest BCUT2D eigenvalue weighted by atomic mass is 32.1. The Labute approximate surface area is 160 Å². The highest BCUT2D eigenvalue weighted by Crippen LogP contribution is 2.49. The minimum Gasteiger partial charge on any atom is -0.306 e. The predicted octanol–water partition coefficient (Wildman–Crippen LogP) is 4.08. The molecular weight excluding hydrogens is 362 g/mol. The van der Waals surface area contributed by atoms with Gasteiger partial charge < -0.3 is 5.32 Å². The highest BCUT2D eigenvalue weighted by Gasteiger charge is 2.42. The number of aryl methyl sites for hydroxylation is 2. The van der Waals surface area contributed by atoms with Crippen molar-refractivity contribution in [1.29, 1.82) is 0 Å². The van der Waals surface area contributed by atoms with Gasteiger partial charge >= 0.3 is 6.03 Å². The van der Waals surface area contributed by atoms with E-state index in [-0.39, 0.29) is 5.78 Å². The number of Topliss-reactive ketones (excluding diaryl/α,β-unsaturated/α-hetero) is 1. The summed E-state index contributed by atoms with van der Waals surface area (Å²) in [5.74, 6) is -0.126. The van der Waals surface area contributed by atoms with E-state index in [4.69, 9.17) is 0 Å². The van der Waals surface area contributed by atoms with E-state index in [9.17, 15) is 9.59 Å². The number of nitrogens with one attached hydrogen (secondary N) is 2. The number of carbonyl (C=O) groups is 2. The number of fused-ring (bicyclic) bond motifs is 3. The van der Waals surface area contributed by atoms with Crippen molar-refractivity contribution in [2.24, 2.45) is 10.2 Å². The van der Waals surface area contributed by atoms with E-state index >= 15 is 0 Å². The lowest BCUT2D eigenvalue weighted by atomic mass is 10.0. The average Bonchev–Trinajstić information content (AvgIpc) is 3.22. The highest BCUT2D eigenvalue weighted by molar-refractivity contribution is 7.12. The molecule has 4 rings (SSSR count). The van der Waals surface area contributed by atoms with E-state index in [1.54, 1.807) is 31.5 Å². The molecule has 1 aromatic heterocycles. The van der Waals surface area contributed by atoms with Gasteiger partial charge in [0.15, 0.2) is 5.78 Å². The number of thiophene rings is 1. The monoisotopic (exact) mass is 381 g/mol. The summed E-state index contributed by atoms with van der Waals surface area (Å²) in [6.45, 7) is 4.06. The van der Waals surface area contributed by atoms with Gasteiger partial charge in [-0.15, -0.1) is 11.3 Å². The van der Waals surface area contributed by atoms with Gasteiger partial charge in [-0.25, -0.2) is 9.80 Å². The van der Waals surface area contributed by atoms with Crippen LogP contribution in [0.25, 0.3) is 5.70 Å². The molecule has 0 fully saturated rings. The lowest BCUT2D eigenvalue weighted by molar-refractivity contribution is 0.103. The Bertz CT molecular complexity index is 1030. The molecule has 1 atom stereocenters. The van der Waals surface area contributed by atoms with Crippen LogP contribution in [0.2, 0.25) is 0 Å². The van der Waals surface area contributed by atoms with Gasteiger partial charge in [0.1, 0.15) is 11.7 Å². The number of amides is 2. The number of urea groups is 1. The summed E-state index contributed by atoms with van der Waals surface area (Å²) in [4.78, 5) is 27.6. The number of benzene rings is 1. The minimum atomic E-state index is -0.404. The lowest BCUT2D eigenvalue weighted by Crippen LogP contribution is -2.39. The van der Waals surface area contributed by atoms with Gasteiger partial charge in [-0.05, 0) is 31.5 Å². The molecule has 2 heterocycles. The summed E-state index contributed by atoms with van der Waals surface area (Å²) in [6, 6.07) is 6.65. The second kappa shape index (κ2) is 6.40. The first-order chi connectivity index (χ1) is 12.9. The second-order valence-electron chi connectivity index (χ2n) is 6.77. The third-order valence-corrected chi connectivity index (χ3v) is 5.50. The van der Waals surface area contributed by atoms with E-state index in [2.05, 4.69) is 21.0 Å². The zero-order valence-corrected chi connectivity index (χ0v) is 16.3. The number of carbonyl (C=O) groups excluding carboxylic acids is 2. The van der Waals surface area contributed by atoms with Gasteiger partial charge in [0.05, 0.1) is 16.8 Å². The van der Waals surface area contributed by atoms with Crippen LogP contribution >= 0.6 is 11.3 Å². The molecule has 1 aliphatic heterocycles. The molecule has 0 radical (unpaired) electrons. The maximum Gasteiger partial charge on any atom is 0.333 e. The molecule has 0 spiro atoms. The van der Waals surface area contributed by atoms with Gasteiger partial charge in [0, 0.05) is 29.4 Å². The molecule has 2 N–H and O–H groups in total. The van der Waals surface area contributed by atoms with Crippen LogP contribution in [-0.4, -0.2) is 30.9 Å². The molecule has 2 amide bonds. The Morgan fingerprint density at radius 2 is 2.04 bits per heavy atom. The third kappa shape index (κ3) is 2.87. The zero-order chi connectivity index (χ0) is 19.3. The molecular formula is C19H19N5O2S. The molecule has 0 saturated heterocycles. The van der Waals surface area contributed by atoms with E-state index in [1.807, 2.05) is 32.0 Å². The van der Waals surface area contributed by atoms with Crippen LogP contribution in [0.1, 0.15) is 37.3 Å². The first-order valence-electron chi connectivity index (χ1n) is 8.52. The first kappa shape index (κ1) is 17.6. The minimum absolute atomic E-state index is 0.126. The SMILES string of the molecule is Cc1cc(C2=C3C(=O)c4c(NC(=O)NN(C)C)cccc4C3N=N2)c(C)s1. The van der Waals surface area contributed by atoms with E-state index in [0.717, 1.165) is 16.0 Å². The summed E-state index contributed by atoms with van der Waals surface area (Å²) < 4.78 is 0. The molecule has 27 heavy (non-hydrogen) atoms. The van der Waals surface area contributed by atoms with Gasteiger partial charge in [0.25, 0.3) is 0 Å². The van der Waals surface area contributed by atoms with Crippen LogP contribution in [-0.2, 0) is 0 Å². The maximum absolute atomic E-state index is 13.2. The normalized spacial score (nSPS) is 17.5. The molecule has 0 saturated carbocycles. The third-order valence-electron chi connectivity index (χ3n) is 4.53. The van der Waals surface area contributed by atoms with Crippen LogP contribution in [0, 0.1) is 13.8 Å². The van der Waals surface area contributed by atoms with E-state index in [1.165, 1.54) is 9.89 Å². The fraction of sp³-hybridized carbons (Fsp3) is 0.263. The fourth-order valence-electron chi connectivity index (χ4n) is 3.51. The molecule has 0 bridgehead atoms. The quantitative estimate of drug-likeness (QED) is 0.786. The number of hydrogen-bond acceptors (Lipinski definition) is 6. The largest absolute Gasteiger partial charge is 0.333 e. The topological polar surface area (TPSA) is 86.2 Å². The molecule has 2 aromatic rings. The fourth-order valence-corrected chi connectivity index (χ4v) is 4.44. The Hall–Kier alpha value is -2.84. The number of rotatable bonds is 3. The van der Waals surface area contributed by atoms with Crippen molar-refractivity contribution in [3.63, 3.8) is 0 Å². The molecule has 2 aliphatic rings. The van der Waals surface area contributed by atoms with Crippen molar-refractivity contribution in [3.8, 4) is 0 Å². The van der Waals surface area contributed by atoms with Gasteiger partial charge in [-0.1, -0.05) is 12.1 Å². The average molecular weight is 381 g/mol. The summed E-state index contributed by atoms with van der Waals surface area (Å²) in [5.41, 5.74) is 6.56. The van der Waals surface area contributed by atoms with Crippen molar-refractivity contribution in [1.82, 2.24) is 10.4 Å². The van der Waals surface area contributed by atoms with Crippen LogP contribution in [0.5, 0.6) is 0 Å². The number of hydrazine groups is 1. The number of ketones is 1. The molecule has 8 heteroatoms. The first-order valence-corrected chi connectivity index (χ1v) is 9.33. The molecule has 1 unspecified atom stereocenters. The standard InChI is InChI=1S/C19H19N5O2S/c1-9-8-12(10(2)27-9)17-15-16(21-22-17)11-6-5-7-13(14(11)18(15)25)20-19(26)23-24(3)4/h5-8,16H,1-4H3,(H2,20,23,26). The van der Waals surface area contributed by atoms with Crippen molar-refractivity contribution >= 4 is 34.5 Å². The van der Waals surface area contributed by atoms with Gasteiger partial charge in [0.2, 0.25) is 0 Å². The molecule has 1 aromatic carbocycles. The maximum atomic E-state index is 13.2. The Morgan fingerprint density at radius 3 is 2.70 bits per heavy atom. The van der Waals surface area contributed by atoms with Crippen LogP contribution < -0.4 is 10.7 Å². The molecule has 1 aliphatic carbocycles. The van der Waals surface area contributed by atoms with Crippen LogP contribution in [0.15, 0.2) is 40.1 Å². The summed E-state index contributed by atoms with van der Waals surface area (Å²) in [7, 11) is 3.43. The number of anilines is 1. The number of azo groups is 1. The lowest BCUT2D eigenvalue weighted by Gasteiger charge is -2.14. The number of hydrogen-bond donors (Lipinski definition) is 2. The summed E-state index contributed by atoms with van der Waals surface area (Å²) >= 11 is 1.68. The summed E-state index contributed by atoms with van der Waals surface area (Å²) in [5, 5.41) is 13.0. The van der Waals surface area contributed by atoms with Gasteiger partial charge in [-0.3, -0.25) is 10.2 Å². The Kier molecular flexibility index (Phi) is 4.16. The number of nitrogens with zero attached hydrogens (tertiary/aromatic N) is 3. The zero-order valence-electron chi connectivity index (χ0n) is 15.5. The van der Waals surface area contributed by atoms with Crippen LogP contribution in [0.3, 0.4) is 0 Å². The van der Waals surface area contributed by atoms with Gasteiger partial charge in [-0.2, -0.15) is 10.2 Å². The smallest absolute Gasteiger partial charge is 0.306 e. The summed E-state index contributed by atoms with van der Waals surface area (Å²) in [6.07, 6.45) is 0. The van der Waals surface area contributed by atoms with Crippen molar-refractivity contribution in [3.05, 3.63) is 56.3 Å². The van der Waals surface area contributed by atoms with Crippen molar-refractivity contribution in [2.75, 3.05) is 19.4 Å². The van der Waals surface area contributed by atoms with E-state index in [0.29, 0.717) is 22.5 Å². The Balaban J connectivity index is 1.77. The van der Waals surface area contributed by atoms with Crippen molar-refractivity contribution in [2.45, 2.75) is 19.9 Å². The van der Waals surface area contributed by atoms with Crippen molar-refractivity contribution < 1.29 is 9.59 Å². The molecule has 7 nitrogen and oxygen atoms in total. The van der Waals surface area contributed by atoms with E-state index < -0.39 is 12.1 Å². The molecule has 138 valence electrons. The predicted molar refractivity (Wildman–Crippen MR) is 105 cm³/mol. The second-order valence-corrected chi connectivity index (χ2v) is 8.23. The van der Waals surface area contributed by atoms with Crippen LogP contribution in [0.4, 0.5) is 10.5 Å².